The molecule has 170 valence electrons. The molecule has 0 aromatic heterocycles. The highest BCUT2D eigenvalue weighted by atomic mass is 16.6. The fourth-order valence-corrected chi connectivity index (χ4v) is 4.20. The second-order valence-electron chi connectivity index (χ2n) is 9.25. The van der Waals surface area contributed by atoms with Crippen molar-refractivity contribution in [3.8, 4) is 11.1 Å². The van der Waals surface area contributed by atoms with E-state index >= 15 is 0 Å². The summed E-state index contributed by atoms with van der Waals surface area (Å²) in [7, 11) is 0. The van der Waals surface area contributed by atoms with Crippen molar-refractivity contribution in [2.45, 2.75) is 44.8 Å². The number of amides is 1. The van der Waals surface area contributed by atoms with E-state index in [1.165, 1.54) is 0 Å². The first-order valence-electron chi connectivity index (χ1n) is 11.2. The zero-order chi connectivity index (χ0) is 23.4. The lowest BCUT2D eigenvalue weighted by Gasteiger charge is -2.25. The Morgan fingerprint density at radius 1 is 0.848 bits per heavy atom. The Labute approximate surface area is 194 Å². The summed E-state index contributed by atoms with van der Waals surface area (Å²) < 4.78 is 11.2. The summed E-state index contributed by atoms with van der Waals surface area (Å²) in [5, 5.41) is 2.72. The molecule has 0 heterocycles. The molecule has 0 fully saturated rings. The Balaban J connectivity index is 1.46. The number of hydrogen-bond donors (Lipinski definition) is 1. The average molecular weight is 444 g/mol. The minimum Gasteiger partial charge on any atom is -0.458 e. The van der Waals surface area contributed by atoms with Crippen LogP contribution in [-0.2, 0) is 20.7 Å². The lowest BCUT2D eigenvalue weighted by molar-refractivity contribution is -0.157. The molecular weight excluding hydrogens is 414 g/mol. The van der Waals surface area contributed by atoms with Crippen molar-refractivity contribution in [3.63, 3.8) is 0 Å². The smallest absolute Gasteiger partial charge is 0.407 e. The van der Waals surface area contributed by atoms with Crippen LogP contribution in [0.3, 0.4) is 0 Å². The van der Waals surface area contributed by atoms with Gasteiger partial charge in [-0.25, -0.2) is 9.59 Å². The molecule has 1 amide bonds. The van der Waals surface area contributed by atoms with E-state index in [0.717, 1.165) is 27.8 Å². The van der Waals surface area contributed by atoms with E-state index in [1.807, 2.05) is 54.6 Å². The lowest BCUT2D eigenvalue weighted by atomic mass is 9.98. The second kappa shape index (κ2) is 9.49. The summed E-state index contributed by atoms with van der Waals surface area (Å²) in [5.41, 5.74) is 4.87. The summed E-state index contributed by atoms with van der Waals surface area (Å²) in [4.78, 5) is 25.5. The first-order valence-corrected chi connectivity index (χ1v) is 11.2. The van der Waals surface area contributed by atoms with Crippen molar-refractivity contribution in [2.75, 3.05) is 6.61 Å². The molecule has 4 rings (SSSR count). The van der Waals surface area contributed by atoms with Crippen molar-refractivity contribution in [2.24, 2.45) is 0 Å². The van der Waals surface area contributed by atoms with Crippen LogP contribution in [0.2, 0.25) is 0 Å². The maximum atomic E-state index is 12.8. The number of carbonyl (C=O) groups excluding carboxylic acids is 2. The second-order valence-corrected chi connectivity index (χ2v) is 9.25. The predicted octanol–water partition coefficient (Wildman–Crippen LogP) is 5.48. The van der Waals surface area contributed by atoms with E-state index in [0.29, 0.717) is 6.42 Å². The zero-order valence-corrected chi connectivity index (χ0v) is 19.2. The molecule has 3 aromatic rings. The Morgan fingerprint density at radius 3 is 1.97 bits per heavy atom. The number of hydrogen-bond acceptors (Lipinski definition) is 4. The van der Waals surface area contributed by atoms with Crippen LogP contribution in [0.4, 0.5) is 4.79 Å². The molecule has 5 heteroatoms. The van der Waals surface area contributed by atoms with Crippen LogP contribution in [-0.4, -0.2) is 30.3 Å². The molecule has 1 N–H and O–H groups in total. The van der Waals surface area contributed by atoms with E-state index in [-0.39, 0.29) is 12.5 Å². The third-order valence-corrected chi connectivity index (χ3v) is 5.61. The monoisotopic (exact) mass is 443 g/mol. The van der Waals surface area contributed by atoms with E-state index in [9.17, 15) is 9.59 Å². The standard InChI is InChI=1S/C28H29NO4/c1-28(2,3)33-26(30)25(17-19-11-5-4-6-12-19)29-27(31)32-18-24-22-15-9-7-13-20(22)21-14-8-10-16-23(21)24/h4-16,24-25H,17-18H2,1-3H3,(H,29,31)/t25-/m1/s1. The first-order chi connectivity index (χ1) is 15.8. The molecule has 33 heavy (non-hydrogen) atoms. The molecule has 0 bridgehead atoms. The van der Waals surface area contributed by atoms with Crippen LogP contribution in [0.5, 0.6) is 0 Å². The van der Waals surface area contributed by atoms with Gasteiger partial charge in [0.1, 0.15) is 18.2 Å². The lowest BCUT2D eigenvalue weighted by Crippen LogP contribution is -2.46. The Hall–Kier alpha value is -3.60. The van der Waals surface area contributed by atoms with Crippen molar-refractivity contribution in [1.82, 2.24) is 5.32 Å². The number of rotatable bonds is 6. The highest BCUT2D eigenvalue weighted by Crippen LogP contribution is 2.44. The van der Waals surface area contributed by atoms with Gasteiger partial charge in [0.25, 0.3) is 0 Å². The molecule has 0 spiro atoms. The Bertz CT molecular complexity index is 1090. The number of fused-ring (bicyclic) bond motifs is 3. The predicted molar refractivity (Wildman–Crippen MR) is 128 cm³/mol. The Kier molecular flexibility index (Phi) is 6.50. The van der Waals surface area contributed by atoms with Crippen LogP contribution >= 0.6 is 0 Å². The van der Waals surface area contributed by atoms with Gasteiger partial charge < -0.3 is 14.8 Å². The quantitative estimate of drug-likeness (QED) is 0.513. The Morgan fingerprint density at radius 2 is 1.39 bits per heavy atom. The SMILES string of the molecule is CC(C)(C)OC(=O)[C@@H](Cc1ccccc1)NC(=O)OCC1c2ccccc2-c2ccccc21. The van der Waals surface area contributed by atoms with Gasteiger partial charge in [-0.05, 0) is 48.6 Å². The van der Waals surface area contributed by atoms with Gasteiger partial charge >= 0.3 is 12.1 Å². The molecule has 0 saturated heterocycles. The van der Waals surface area contributed by atoms with Crippen LogP contribution in [0, 0.1) is 0 Å². The molecule has 5 nitrogen and oxygen atoms in total. The van der Waals surface area contributed by atoms with Crippen LogP contribution in [0.15, 0.2) is 78.9 Å². The van der Waals surface area contributed by atoms with E-state index in [4.69, 9.17) is 9.47 Å². The summed E-state index contributed by atoms with van der Waals surface area (Å²) in [6.45, 7) is 5.60. The number of nitrogens with one attached hydrogen (secondary N) is 1. The fourth-order valence-electron chi connectivity index (χ4n) is 4.20. The molecule has 0 unspecified atom stereocenters. The van der Waals surface area contributed by atoms with E-state index in [2.05, 4.69) is 29.6 Å². The van der Waals surface area contributed by atoms with Gasteiger partial charge in [0.2, 0.25) is 0 Å². The van der Waals surface area contributed by atoms with Crippen LogP contribution < -0.4 is 5.32 Å². The van der Waals surface area contributed by atoms with Gasteiger partial charge in [0.15, 0.2) is 0 Å². The first kappa shape index (κ1) is 22.6. The minimum atomic E-state index is -0.845. The van der Waals surface area contributed by atoms with Gasteiger partial charge in [-0.2, -0.15) is 0 Å². The largest absolute Gasteiger partial charge is 0.458 e. The maximum Gasteiger partial charge on any atom is 0.407 e. The number of esters is 1. The highest BCUT2D eigenvalue weighted by molar-refractivity contribution is 5.82. The van der Waals surface area contributed by atoms with Crippen molar-refractivity contribution < 1.29 is 19.1 Å². The molecular formula is C28H29NO4. The van der Waals surface area contributed by atoms with Crippen LogP contribution in [0.1, 0.15) is 43.4 Å². The minimum absolute atomic E-state index is 0.0442. The van der Waals surface area contributed by atoms with Crippen molar-refractivity contribution >= 4 is 12.1 Å². The summed E-state index contributed by atoms with van der Waals surface area (Å²) in [6.07, 6.45) is -0.316. The van der Waals surface area contributed by atoms with E-state index in [1.54, 1.807) is 20.8 Å². The maximum absolute atomic E-state index is 12.8. The number of alkyl carbamates (subject to hydrolysis) is 1. The zero-order valence-electron chi connectivity index (χ0n) is 19.2. The number of ether oxygens (including phenoxy) is 2. The van der Waals surface area contributed by atoms with Gasteiger partial charge in [0, 0.05) is 12.3 Å². The van der Waals surface area contributed by atoms with Gasteiger partial charge in [-0.15, -0.1) is 0 Å². The summed E-state index contributed by atoms with van der Waals surface area (Å²) in [6, 6.07) is 25.0. The summed E-state index contributed by atoms with van der Waals surface area (Å²) in [5.74, 6) is -0.530. The normalized spacial score (nSPS) is 13.5. The molecule has 1 atom stereocenters. The highest BCUT2D eigenvalue weighted by Gasteiger charge is 2.31. The summed E-state index contributed by atoms with van der Waals surface area (Å²) >= 11 is 0. The van der Waals surface area contributed by atoms with Crippen molar-refractivity contribution in [3.05, 3.63) is 95.6 Å². The molecule has 0 saturated carbocycles. The third-order valence-electron chi connectivity index (χ3n) is 5.61. The fraction of sp³-hybridized carbons (Fsp3) is 0.286. The average Bonchev–Trinajstić information content (AvgIpc) is 3.11. The van der Waals surface area contributed by atoms with Crippen LogP contribution in [0.25, 0.3) is 11.1 Å². The topological polar surface area (TPSA) is 64.6 Å². The third kappa shape index (κ3) is 5.43. The molecule has 0 radical (unpaired) electrons. The van der Waals surface area contributed by atoms with Crippen molar-refractivity contribution in [1.29, 1.82) is 0 Å². The van der Waals surface area contributed by atoms with Gasteiger partial charge in [-0.3, -0.25) is 0 Å². The number of carbonyl (C=O) groups is 2. The molecule has 1 aliphatic rings. The number of benzene rings is 3. The van der Waals surface area contributed by atoms with Gasteiger partial charge in [-0.1, -0.05) is 78.9 Å². The molecule has 1 aliphatic carbocycles. The van der Waals surface area contributed by atoms with E-state index < -0.39 is 23.7 Å². The molecule has 3 aromatic carbocycles. The van der Waals surface area contributed by atoms with Gasteiger partial charge in [0.05, 0.1) is 0 Å². The molecule has 0 aliphatic heterocycles.